The van der Waals surface area contributed by atoms with Gasteiger partial charge in [0.25, 0.3) is 0 Å². The van der Waals surface area contributed by atoms with E-state index in [1.807, 2.05) is 0 Å². The summed E-state index contributed by atoms with van der Waals surface area (Å²) in [7, 11) is 0. The predicted octanol–water partition coefficient (Wildman–Crippen LogP) is -1.36. The molecular formula is H5EuO4V. The van der Waals surface area contributed by atoms with E-state index in [2.05, 4.69) is 0 Å². The molecule has 0 rings (SSSR count). The zero-order valence-electron chi connectivity index (χ0n) is 2.67. The molecular weight excluding hydrogens is 267 g/mol. The van der Waals surface area contributed by atoms with Crippen LogP contribution in [-0.4, -0.2) is 21.9 Å². The third-order valence-corrected chi connectivity index (χ3v) is 0. The quantitative estimate of drug-likeness (QED) is 0.541. The second-order valence-electron chi connectivity index (χ2n) is 0. The van der Waals surface area contributed by atoms with Crippen molar-refractivity contribution in [2.75, 3.05) is 0 Å². The molecule has 41 valence electrons. The molecule has 0 saturated carbocycles. The second-order valence-corrected chi connectivity index (χ2v) is 0. The van der Waals surface area contributed by atoms with Crippen LogP contribution in [0.5, 0.6) is 0 Å². The molecule has 0 spiro atoms. The van der Waals surface area contributed by atoms with Crippen LogP contribution in [0.4, 0.5) is 0 Å². The van der Waals surface area contributed by atoms with E-state index in [-0.39, 0.29) is 89.8 Å². The van der Waals surface area contributed by atoms with Crippen LogP contribution in [0, 0.1) is 49.4 Å². The fourth-order valence-electron chi connectivity index (χ4n) is 0. The third kappa shape index (κ3) is 37.4. The molecule has 0 fully saturated rings. The molecule has 4 nitrogen and oxygen atoms in total. The maximum Gasteiger partial charge on any atom is 3.00 e. The monoisotopic (exact) mass is 273 g/mol. The van der Waals surface area contributed by atoms with E-state index in [9.17, 15) is 0 Å². The molecule has 0 aromatic rings. The summed E-state index contributed by atoms with van der Waals surface area (Å²) in [5, 5.41) is 0. The first-order chi connectivity index (χ1) is 0. The molecule has 5 N–H and O–H groups in total. The minimum Gasteiger partial charge on any atom is -0.870 e. The Kier molecular flexibility index (Phi) is 1020. The van der Waals surface area contributed by atoms with Crippen molar-refractivity contribution in [1.82, 2.24) is 0 Å². The molecule has 0 bridgehead atoms. The first-order valence-electron chi connectivity index (χ1n) is 0. The van der Waals surface area contributed by atoms with Gasteiger partial charge in [0.1, 0.15) is 0 Å². The zero-order valence-corrected chi connectivity index (χ0v) is 6.49. The van der Waals surface area contributed by atoms with Crippen LogP contribution >= 0.6 is 0 Å². The molecule has 6 heavy (non-hydrogen) atoms. The van der Waals surface area contributed by atoms with E-state index in [0.717, 1.165) is 0 Å². The Morgan fingerprint density at radius 1 is 0.667 bits per heavy atom. The molecule has 0 amide bonds. The van der Waals surface area contributed by atoms with Crippen LogP contribution in [0.15, 0.2) is 0 Å². The van der Waals surface area contributed by atoms with Crippen molar-refractivity contribution in [3.8, 4) is 0 Å². The van der Waals surface area contributed by atoms with E-state index in [1.165, 1.54) is 0 Å². The molecule has 0 saturated heterocycles. The van der Waals surface area contributed by atoms with Gasteiger partial charge in [-0.15, -0.1) is 0 Å². The molecule has 6 heteroatoms. The van der Waals surface area contributed by atoms with Gasteiger partial charge in [-0.2, -0.15) is 0 Å². The maximum absolute atomic E-state index is 0. The van der Waals surface area contributed by atoms with Crippen molar-refractivity contribution >= 4 is 0 Å². The van der Waals surface area contributed by atoms with Gasteiger partial charge < -0.3 is 21.9 Å². The van der Waals surface area contributed by atoms with E-state index >= 15 is 0 Å². The van der Waals surface area contributed by atoms with Gasteiger partial charge in [-0.05, 0) is 0 Å². The normalized spacial score (nSPS) is 0. The molecule has 0 aliphatic rings. The minimum atomic E-state index is 0. The van der Waals surface area contributed by atoms with Gasteiger partial charge in [-0.25, -0.2) is 0 Å². The largest absolute Gasteiger partial charge is 3.00 e. The molecule has 0 aliphatic heterocycles. The third-order valence-electron chi connectivity index (χ3n) is 0. The predicted molar refractivity (Wildman–Crippen MR) is 9.42 cm³/mol. The molecule has 0 unspecified atom stereocenters. The standard InChI is InChI=1S/Eu.4H2O.V/h;4*1H2;/q+3;;;;;/p-3. The van der Waals surface area contributed by atoms with E-state index in [4.69, 9.17) is 0 Å². The first kappa shape index (κ1) is 97.5. The van der Waals surface area contributed by atoms with Gasteiger partial charge in [0.15, 0.2) is 0 Å². The van der Waals surface area contributed by atoms with Gasteiger partial charge in [0, 0.05) is 18.6 Å². The molecule has 1 radical (unpaired) electrons. The molecule has 0 aromatic heterocycles. The number of rotatable bonds is 0. The van der Waals surface area contributed by atoms with Crippen LogP contribution in [-0.2, 0) is 18.6 Å². The Morgan fingerprint density at radius 2 is 0.667 bits per heavy atom. The van der Waals surface area contributed by atoms with Crippen LogP contribution in [0.25, 0.3) is 0 Å². The summed E-state index contributed by atoms with van der Waals surface area (Å²) in [6.45, 7) is 0. The van der Waals surface area contributed by atoms with Gasteiger partial charge in [-0.3, -0.25) is 0 Å². The van der Waals surface area contributed by atoms with Crippen molar-refractivity contribution in [1.29, 1.82) is 0 Å². The van der Waals surface area contributed by atoms with E-state index in [1.54, 1.807) is 0 Å². The van der Waals surface area contributed by atoms with Crippen LogP contribution in [0.3, 0.4) is 0 Å². The summed E-state index contributed by atoms with van der Waals surface area (Å²) in [5.41, 5.74) is 0. The average Bonchev–Trinajstić information content (AvgIpc) is 0. The SMILES string of the molecule is O.[Eu+3].[OH-].[OH-].[OH-].[V]. The second kappa shape index (κ2) is 62.7. The Morgan fingerprint density at radius 3 is 0.667 bits per heavy atom. The van der Waals surface area contributed by atoms with Crippen molar-refractivity contribution in [2.45, 2.75) is 0 Å². The molecule has 0 atom stereocenters. The Hall–Kier alpha value is 2.01. The number of hydrogen-bond donors (Lipinski definition) is 0. The van der Waals surface area contributed by atoms with Gasteiger partial charge in [0.05, 0.1) is 0 Å². The first-order valence-corrected chi connectivity index (χ1v) is 0. The van der Waals surface area contributed by atoms with Gasteiger partial charge >= 0.3 is 49.4 Å². The Bertz CT molecular complexity index is 7.51. The zero-order chi connectivity index (χ0) is 0. The summed E-state index contributed by atoms with van der Waals surface area (Å²) in [6, 6.07) is 0. The average molecular weight is 272 g/mol. The fourth-order valence-corrected chi connectivity index (χ4v) is 0. The van der Waals surface area contributed by atoms with Crippen molar-refractivity contribution in [3.05, 3.63) is 0 Å². The van der Waals surface area contributed by atoms with E-state index < -0.39 is 0 Å². The maximum atomic E-state index is 0. The summed E-state index contributed by atoms with van der Waals surface area (Å²) in [5.74, 6) is 0. The minimum absolute atomic E-state index is 0. The molecule has 0 heterocycles. The van der Waals surface area contributed by atoms with Crippen LogP contribution < -0.4 is 0 Å². The van der Waals surface area contributed by atoms with Gasteiger partial charge in [0.2, 0.25) is 0 Å². The summed E-state index contributed by atoms with van der Waals surface area (Å²) in [4.78, 5) is 0. The summed E-state index contributed by atoms with van der Waals surface area (Å²) in [6.07, 6.45) is 0. The van der Waals surface area contributed by atoms with E-state index in [0.29, 0.717) is 0 Å². The summed E-state index contributed by atoms with van der Waals surface area (Å²) < 4.78 is 0. The van der Waals surface area contributed by atoms with Crippen molar-refractivity contribution in [2.24, 2.45) is 0 Å². The van der Waals surface area contributed by atoms with Crippen LogP contribution in [0.2, 0.25) is 0 Å². The number of hydrogen-bond acceptors (Lipinski definition) is 3. The molecule has 0 aliphatic carbocycles. The molecule has 0 aromatic carbocycles. The Balaban J connectivity index is 0. The van der Waals surface area contributed by atoms with Crippen molar-refractivity contribution in [3.63, 3.8) is 0 Å². The van der Waals surface area contributed by atoms with Crippen molar-refractivity contribution < 1.29 is 89.8 Å². The van der Waals surface area contributed by atoms with Gasteiger partial charge in [-0.1, -0.05) is 0 Å². The topological polar surface area (TPSA) is 122 Å². The van der Waals surface area contributed by atoms with Crippen LogP contribution in [0.1, 0.15) is 0 Å². The smallest absolute Gasteiger partial charge is 0.870 e. The fraction of sp³-hybridized carbons (Fsp3) is 0. The summed E-state index contributed by atoms with van der Waals surface area (Å²) >= 11 is 0. The Labute approximate surface area is 88.3 Å².